The van der Waals surface area contributed by atoms with Crippen LogP contribution in [0, 0.1) is 11.8 Å². The summed E-state index contributed by atoms with van der Waals surface area (Å²) in [5, 5.41) is 5.80. The molecule has 4 N–H and O–H groups in total. The summed E-state index contributed by atoms with van der Waals surface area (Å²) in [6.07, 6.45) is 6.90. The lowest BCUT2D eigenvalue weighted by molar-refractivity contribution is -0.127. The van der Waals surface area contributed by atoms with Crippen molar-refractivity contribution in [2.24, 2.45) is 17.6 Å². The van der Waals surface area contributed by atoms with Gasteiger partial charge in [-0.05, 0) is 43.9 Å². The minimum Gasteiger partial charge on any atom is -0.351 e. The first-order valence-electron chi connectivity index (χ1n) is 7.91. The second-order valence-corrected chi connectivity index (χ2v) is 6.30. The second-order valence-electron chi connectivity index (χ2n) is 6.30. The Kier molecular flexibility index (Phi) is 5.40. The minimum absolute atomic E-state index is 0.0477. The molecule has 0 heterocycles. The van der Waals surface area contributed by atoms with E-state index in [0.29, 0.717) is 24.3 Å². The Morgan fingerprint density at radius 2 is 1.80 bits per heavy atom. The van der Waals surface area contributed by atoms with Crippen molar-refractivity contribution in [3.05, 3.63) is 0 Å². The highest BCUT2D eigenvalue weighted by Gasteiger charge is 2.39. The number of rotatable bonds is 5. The fraction of sp³-hybridized carbons (Fsp3) is 0.867. The number of nitrogens with one attached hydrogen (secondary N) is 2. The summed E-state index contributed by atoms with van der Waals surface area (Å²) in [4.78, 5) is 23.3. The van der Waals surface area contributed by atoms with Crippen LogP contribution in [0.25, 0.3) is 0 Å². The third-order valence-electron chi connectivity index (χ3n) is 4.63. The van der Waals surface area contributed by atoms with Gasteiger partial charge in [-0.15, -0.1) is 0 Å². The number of amides is 2. The molecule has 0 aromatic heterocycles. The molecule has 2 unspecified atom stereocenters. The van der Waals surface area contributed by atoms with Crippen molar-refractivity contribution in [2.75, 3.05) is 6.54 Å². The van der Waals surface area contributed by atoms with Crippen LogP contribution >= 0.6 is 0 Å². The molecule has 2 fully saturated rings. The molecule has 114 valence electrons. The zero-order chi connectivity index (χ0) is 14.5. The van der Waals surface area contributed by atoms with Crippen molar-refractivity contribution in [3.63, 3.8) is 0 Å². The smallest absolute Gasteiger partial charge is 0.239 e. The van der Waals surface area contributed by atoms with E-state index < -0.39 is 0 Å². The van der Waals surface area contributed by atoms with Crippen molar-refractivity contribution >= 4 is 11.8 Å². The van der Waals surface area contributed by atoms with Crippen molar-refractivity contribution in [1.82, 2.24) is 10.6 Å². The van der Waals surface area contributed by atoms with Gasteiger partial charge in [-0.25, -0.2) is 0 Å². The molecule has 0 spiro atoms. The predicted octanol–water partition coefficient (Wildman–Crippen LogP) is 0.925. The molecule has 0 saturated heterocycles. The van der Waals surface area contributed by atoms with Crippen LogP contribution < -0.4 is 16.4 Å². The number of nitrogens with two attached hydrogens (primary N) is 1. The zero-order valence-electron chi connectivity index (χ0n) is 12.4. The Labute approximate surface area is 121 Å². The van der Waals surface area contributed by atoms with Crippen molar-refractivity contribution < 1.29 is 9.59 Å². The summed E-state index contributed by atoms with van der Waals surface area (Å²) >= 11 is 0. The lowest BCUT2D eigenvalue weighted by Gasteiger charge is -2.45. The molecule has 2 saturated carbocycles. The molecular formula is C15H27N3O2. The van der Waals surface area contributed by atoms with Crippen LogP contribution in [0.1, 0.15) is 51.9 Å². The van der Waals surface area contributed by atoms with E-state index in [1.807, 2.05) is 6.92 Å². The highest BCUT2D eigenvalue weighted by molar-refractivity contribution is 5.84. The SMILES string of the molecule is CCCC(=O)NCC(=O)NC1C2CCCC1CC(N)C2. The topological polar surface area (TPSA) is 84.2 Å². The summed E-state index contributed by atoms with van der Waals surface area (Å²) in [5.41, 5.74) is 6.08. The average molecular weight is 281 g/mol. The number of fused-ring (bicyclic) bond motifs is 2. The van der Waals surface area contributed by atoms with Gasteiger partial charge in [0.05, 0.1) is 6.54 Å². The normalized spacial score (nSPS) is 32.5. The standard InChI is InChI=1S/C15H27N3O2/c1-2-4-13(19)17-9-14(20)18-15-10-5-3-6-11(15)8-12(16)7-10/h10-12,15H,2-9,16H2,1H3,(H,17,19)(H,18,20). The van der Waals surface area contributed by atoms with E-state index in [-0.39, 0.29) is 24.4 Å². The summed E-state index contributed by atoms with van der Waals surface area (Å²) in [7, 11) is 0. The van der Waals surface area contributed by atoms with Crippen molar-refractivity contribution in [3.8, 4) is 0 Å². The quantitative estimate of drug-likeness (QED) is 0.701. The largest absolute Gasteiger partial charge is 0.351 e. The Morgan fingerprint density at radius 1 is 1.15 bits per heavy atom. The fourth-order valence-electron chi connectivity index (χ4n) is 3.76. The lowest BCUT2D eigenvalue weighted by Crippen LogP contribution is -2.55. The van der Waals surface area contributed by atoms with E-state index in [0.717, 1.165) is 32.1 Å². The average Bonchev–Trinajstić information content (AvgIpc) is 2.38. The Balaban J connectivity index is 1.80. The van der Waals surface area contributed by atoms with E-state index in [1.165, 1.54) is 6.42 Å². The van der Waals surface area contributed by atoms with Gasteiger partial charge in [0.15, 0.2) is 0 Å². The molecule has 0 aliphatic heterocycles. The van der Waals surface area contributed by atoms with Gasteiger partial charge in [-0.2, -0.15) is 0 Å². The van der Waals surface area contributed by atoms with Gasteiger partial charge in [0.2, 0.25) is 11.8 Å². The van der Waals surface area contributed by atoms with Crippen LogP contribution in [-0.4, -0.2) is 30.4 Å². The van der Waals surface area contributed by atoms with Gasteiger partial charge in [0.1, 0.15) is 0 Å². The van der Waals surface area contributed by atoms with Crippen LogP contribution in [0.3, 0.4) is 0 Å². The molecule has 2 atom stereocenters. The molecule has 2 bridgehead atoms. The molecule has 5 heteroatoms. The van der Waals surface area contributed by atoms with Gasteiger partial charge in [-0.3, -0.25) is 9.59 Å². The zero-order valence-corrected chi connectivity index (χ0v) is 12.4. The number of carbonyl (C=O) groups is 2. The van der Waals surface area contributed by atoms with Crippen LogP contribution in [-0.2, 0) is 9.59 Å². The summed E-state index contributed by atoms with van der Waals surface area (Å²) in [5.74, 6) is 0.931. The van der Waals surface area contributed by atoms with Crippen molar-refractivity contribution in [1.29, 1.82) is 0 Å². The molecule has 5 nitrogen and oxygen atoms in total. The summed E-state index contributed by atoms with van der Waals surface area (Å²) < 4.78 is 0. The molecule has 20 heavy (non-hydrogen) atoms. The van der Waals surface area contributed by atoms with Gasteiger partial charge in [0.25, 0.3) is 0 Å². The third-order valence-corrected chi connectivity index (χ3v) is 4.63. The van der Waals surface area contributed by atoms with E-state index in [1.54, 1.807) is 0 Å². The molecule has 0 aromatic rings. The fourth-order valence-corrected chi connectivity index (χ4v) is 3.76. The van der Waals surface area contributed by atoms with E-state index in [4.69, 9.17) is 5.73 Å². The van der Waals surface area contributed by atoms with Crippen LogP contribution in [0.15, 0.2) is 0 Å². The molecule has 2 aliphatic carbocycles. The lowest BCUT2D eigenvalue weighted by atomic mass is 9.67. The van der Waals surface area contributed by atoms with Crippen LogP contribution in [0.2, 0.25) is 0 Å². The molecule has 2 amide bonds. The number of hydrogen-bond donors (Lipinski definition) is 3. The second kappa shape index (κ2) is 7.07. The maximum atomic E-state index is 12.0. The molecule has 0 radical (unpaired) electrons. The maximum Gasteiger partial charge on any atom is 0.239 e. The van der Waals surface area contributed by atoms with Gasteiger partial charge in [-0.1, -0.05) is 13.3 Å². The van der Waals surface area contributed by atoms with Gasteiger partial charge in [0, 0.05) is 18.5 Å². The Morgan fingerprint density at radius 3 is 2.40 bits per heavy atom. The predicted molar refractivity (Wildman–Crippen MR) is 77.9 cm³/mol. The van der Waals surface area contributed by atoms with E-state index >= 15 is 0 Å². The highest BCUT2D eigenvalue weighted by atomic mass is 16.2. The molecule has 2 rings (SSSR count). The highest BCUT2D eigenvalue weighted by Crippen LogP contribution is 2.39. The van der Waals surface area contributed by atoms with E-state index in [9.17, 15) is 9.59 Å². The first-order valence-corrected chi connectivity index (χ1v) is 7.91. The van der Waals surface area contributed by atoms with Crippen LogP contribution in [0.5, 0.6) is 0 Å². The Hall–Kier alpha value is -1.10. The number of hydrogen-bond acceptors (Lipinski definition) is 3. The van der Waals surface area contributed by atoms with Crippen molar-refractivity contribution in [2.45, 2.75) is 64.0 Å². The van der Waals surface area contributed by atoms with Gasteiger partial charge < -0.3 is 16.4 Å². The molecule has 0 aromatic carbocycles. The first-order chi connectivity index (χ1) is 9.60. The minimum atomic E-state index is -0.0631. The monoisotopic (exact) mass is 281 g/mol. The summed E-state index contributed by atoms with van der Waals surface area (Å²) in [6, 6.07) is 0.557. The third kappa shape index (κ3) is 3.95. The van der Waals surface area contributed by atoms with Gasteiger partial charge >= 0.3 is 0 Å². The molecular weight excluding hydrogens is 254 g/mol. The molecule has 2 aliphatic rings. The number of carbonyl (C=O) groups excluding carboxylic acids is 2. The Bertz CT molecular complexity index is 345. The summed E-state index contributed by atoms with van der Waals surface area (Å²) in [6.45, 7) is 2.05. The van der Waals surface area contributed by atoms with Crippen LogP contribution in [0.4, 0.5) is 0 Å². The maximum absolute atomic E-state index is 12.0. The van der Waals surface area contributed by atoms with E-state index in [2.05, 4.69) is 10.6 Å². The first kappa shape index (κ1) is 15.3.